The minimum Gasteiger partial charge on any atom is -0.339 e. The number of halogens is 5. The maximum Gasteiger partial charge on any atom is 0.252 e. The molecule has 2 aromatic carbocycles. The van der Waals surface area contributed by atoms with Crippen molar-refractivity contribution in [3.8, 4) is 0 Å². The molecule has 0 spiro atoms. The summed E-state index contributed by atoms with van der Waals surface area (Å²) >= 11 is 25.2. The summed E-state index contributed by atoms with van der Waals surface area (Å²) in [5.41, 5.74) is 0.975. The van der Waals surface area contributed by atoms with Crippen molar-refractivity contribution >= 4 is 86.3 Å². The van der Waals surface area contributed by atoms with E-state index in [0.717, 1.165) is 21.4 Å². The molecule has 0 aliphatic rings. The summed E-state index contributed by atoms with van der Waals surface area (Å²) in [6, 6.07) is 12.4. The molecule has 0 radical (unpaired) electrons. The third-order valence-electron chi connectivity index (χ3n) is 3.11. The van der Waals surface area contributed by atoms with Crippen LogP contribution in [0.3, 0.4) is 0 Å². The summed E-state index contributed by atoms with van der Waals surface area (Å²) < 4.78 is 12.0. The molecule has 0 aliphatic heterocycles. The normalized spacial score (nSPS) is 12.2. The molecule has 0 aromatic heterocycles. The second-order valence-electron chi connectivity index (χ2n) is 5.03. The van der Waals surface area contributed by atoms with Crippen LogP contribution < -0.4 is 16.0 Å². The summed E-state index contributed by atoms with van der Waals surface area (Å²) in [6.45, 7) is 0. The lowest BCUT2D eigenvalue weighted by Crippen LogP contribution is -2.56. The highest BCUT2D eigenvalue weighted by Gasteiger charge is 2.35. The Bertz CT molecular complexity index is 802. The number of carbonyl (C=O) groups is 1. The Hall–Kier alpha value is -0.870. The molecule has 0 aliphatic carbocycles. The molecule has 1 amide bonds. The van der Waals surface area contributed by atoms with E-state index in [2.05, 4.69) is 38.5 Å². The number of thiocarbonyl (C=S) groups is 1. The maximum absolute atomic E-state index is 13.0. The van der Waals surface area contributed by atoms with E-state index in [9.17, 15) is 9.18 Å². The molecule has 10 heteroatoms. The quantitative estimate of drug-likeness (QED) is 0.222. The monoisotopic (exact) mass is 545 g/mol. The zero-order valence-electron chi connectivity index (χ0n) is 12.9. The Morgan fingerprint density at radius 2 is 1.69 bits per heavy atom. The van der Waals surface area contributed by atoms with Gasteiger partial charge in [-0.3, -0.25) is 4.79 Å². The molecule has 0 saturated carbocycles. The number of alkyl halides is 3. The Morgan fingerprint density at radius 1 is 1.08 bits per heavy atom. The van der Waals surface area contributed by atoms with Gasteiger partial charge in [-0.1, -0.05) is 46.9 Å². The molecular weight excluding hydrogens is 535 g/mol. The number of anilines is 1. The molecular formula is C16H12Cl3FIN3OS. The molecule has 0 unspecified atom stereocenters. The van der Waals surface area contributed by atoms with E-state index >= 15 is 0 Å². The Labute approximate surface area is 183 Å². The van der Waals surface area contributed by atoms with E-state index in [0.29, 0.717) is 0 Å². The first-order valence-corrected chi connectivity index (χ1v) is 9.74. The fraction of sp³-hybridized carbons (Fsp3) is 0.125. The van der Waals surface area contributed by atoms with Gasteiger partial charge in [-0.15, -0.1) is 0 Å². The van der Waals surface area contributed by atoms with Gasteiger partial charge in [0.1, 0.15) is 12.0 Å². The third kappa shape index (κ3) is 6.38. The highest BCUT2D eigenvalue weighted by atomic mass is 127. The Morgan fingerprint density at radius 3 is 2.27 bits per heavy atom. The lowest BCUT2D eigenvalue weighted by atomic mass is 10.2. The number of rotatable bonds is 4. The smallest absolute Gasteiger partial charge is 0.252 e. The molecule has 1 atom stereocenters. The molecule has 0 heterocycles. The topological polar surface area (TPSA) is 53.2 Å². The predicted molar refractivity (Wildman–Crippen MR) is 116 cm³/mol. The van der Waals surface area contributed by atoms with Crippen LogP contribution in [0.25, 0.3) is 0 Å². The van der Waals surface area contributed by atoms with Gasteiger partial charge in [0.25, 0.3) is 5.91 Å². The molecule has 2 aromatic rings. The lowest BCUT2D eigenvalue weighted by Gasteiger charge is -2.28. The molecule has 0 bridgehead atoms. The second kappa shape index (κ2) is 9.36. The first-order valence-electron chi connectivity index (χ1n) is 7.12. The van der Waals surface area contributed by atoms with Gasteiger partial charge in [-0.2, -0.15) is 0 Å². The molecule has 0 saturated heterocycles. The summed E-state index contributed by atoms with van der Waals surface area (Å²) in [5, 5.41) is 8.41. The number of amides is 1. The van der Waals surface area contributed by atoms with Crippen LogP contribution in [0, 0.1) is 9.39 Å². The van der Waals surface area contributed by atoms with Crippen molar-refractivity contribution in [2.75, 3.05) is 5.32 Å². The second-order valence-corrected chi connectivity index (χ2v) is 8.97. The van der Waals surface area contributed by atoms with Crippen LogP contribution >= 0.6 is 69.6 Å². The molecule has 138 valence electrons. The van der Waals surface area contributed by atoms with Gasteiger partial charge in [0.15, 0.2) is 5.11 Å². The average molecular weight is 547 g/mol. The molecule has 0 fully saturated rings. The van der Waals surface area contributed by atoms with Crippen LogP contribution in [0.4, 0.5) is 10.1 Å². The van der Waals surface area contributed by atoms with Gasteiger partial charge in [-0.05, 0) is 71.2 Å². The number of hydrogen-bond donors (Lipinski definition) is 3. The minimum absolute atomic E-state index is 0.157. The number of para-hydroxylation sites is 1. The van der Waals surface area contributed by atoms with Crippen LogP contribution in [0.5, 0.6) is 0 Å². The van der Waals surface area contributed by atoms with Crippen molar-refractivity contribution in [3.63, 3.8) is 0 Å². The molecule has 3 N–H and O–H groups in total. The summed E-state index contributed by atoms with van der Waals surface area (Å²) in [5.74, 6) is -1.01. The fourth-order valence-electron chi connectivity index (χ4n) is 1.87. The zero-order chi connectivity index (χ0) is 19.3. The van der Waals surface area contributed by atoms with Crippen molar-refractivity contribution in [2.24, 2.45) is 0 Å². The van der Waals surface area contributed by atoms with E-state index in [4.69, 9.17) is 47.0 Å². The predicted octanol–water partition coefficient (Wildman–Crippen LogP) is 4.84. The number of carbonyl (C=O) groups excluding carboxylic acids is 1. The standard InChI is InChI=1S/C16H12Cl3FIN3OS/c17-16(18,19)14(23-13(25)9-5-7-10(20)8-6-9)24-15(26)22-12-4-2-1-3-11(12)21/h1-8,14H,(H,23,25)(H2,22,24,26)/t14-/m1/s1. The fourth-order valence-corrected chi connectivity index (χ4v) is 2.94. The molecule has 26 heavy (non-hydrogen) atoms. The Kier molecular flexibility index (Phi) is 7.72. The van der Waals surface area contributed by atoms with Crippen molar-refractivity contribution in [2.45, 2.75) is 9.96 Å². The van der Waals surface area contributed by atoms with Crippen LogP contribution in [-0.4, -0.2) is 21.0 Å². The highest BCUT2D eigenvalue weighted by molar-refractivity contribution is 14.1. The average Bonchev–Trinajstić information content (AvgIpc) is 2.56. The number of benzene rings is 2. The first kappa shape index (κ1) is 21.4. The van der Waals surface area contributed by atoms with Crippen molar-refractivity contribution in [3.05, 3.63) is 63.5 Å². The van der Waals surface area contributed by atoms with Gasteiger partial charge >= 0.3 is 0 Å². The SMILES string of the molecule is O=C(N[C@H](NC(=S)Nc1ccccc1I)C(Cl)(Cl)Cl)c1ccc(F)cc1. The van der Waals surface area contributed by atoms with Gasteiger partial charge < -0.3 is 16.0 Å². The number of hydrogen-bond acceptors (Lipinski definition) is 2. The van der Waals surface area contributed by atoms with E-state index in [1.54, 1.807) is 0 Å². The van der Waals surface area contributed by atoms with E-state index in [-0.39, 0.29) is 10.7 Å². The minimum atomic E-state index is -1.88. The van der Waals surface area contributed by atoms with E-state index < -0.39 is 21.7 Å². The van der Waals surface area contributed by atoms with Crippen molar-refractivity contribution in [1.82, 2.24) is 10.6 Å². The first-order chi connectivity index (χ1) is 12.2. The largest absolute Gasteiger partial charge is 0.339 e. The summed E-state index contributed by atoms with van der Waals surface area (Å²) in [6.07, 6.45) is -1.12. The summed E-state index contributed by atoms with van der Waals surface area (Å²) in [7, 11) is 0. The summed E-state index contributed by atoms with van der Waals surface area (Å²) in [4.78, 5) is 12.3. The highest BCUT2D eigenvalue weighted by Crippen LogP contribution is 2.29. The maximum atomic E-state index is 13.0. The van der Waals surface area contributed by atoms with Gasteiger partial charge in [0, 0.05) is 9.13 Å². The van der Waals surface area contributed by atoms with Crippen LogP contribution in [0.2, 0.25) is 0 Å². The van der Waals surface area contributed by atoms with E-state index in [1.807, 2.05) is 24.3 Å². The van der Waals surface area contributed by atoms with Gasteiger partial charge in [0.05, 0.1) is 5.69 Å². The van der Waals surface area contributed by atoms with Crippen molar-refractivity contribution < 1.29 is 9.18 Å². The third-order valence-corrected chi connectivity index (χ3v) is 4.92. The van der Waals surface area contributed by atoms with Crippen LogP contribution in [0.1, 0.15) is 10.4 Å². The number of nitrogens with one attached hydrogen (secondary N) is 3. The van der Waals surface area contributed by atoms with Crippen LogP contribution in [0.15, 0.2) is 48.5 Å². The molecule has 4 nitrogen and oxygen atoms in total. The van der Waals surface area contributed by atoms with Crippen LogP contribution in [-0.2, 0) is 0 Å². The zero-order valence-corrected chi connectivity index (χ0v) is 18.1. The van der Waals surface area contributed by atoms with Gasteiger partial charge in [-0.25, -0.2) is 4.39 Å². The van der Waals surface area contributed by atoms with Gasteiger partial charge in [0.2, 0.25) is 3.79 Å². The van der Waals surface area contributed by atoms with E-state index in [1.165, 1.54) is 12.1 Å². The molecule has 2 rings (SSSR count). The lowest BCUT2D eigenvalue weighted by molar-refractivity contribution is 0.0934. The Balaban J connectivity index is 2.07. The van der Waals surface area contributed by atoms with Crippen molar-refractivity contribution in [1.29, 1.82) is 0 Å².